The average molecular weight is 504 g/mol. The standard InChI is InChI=1S/C20H23F6NO.H3NO3S/c1-18(2,13-28)15-5-8-27(9-6-15)7-3-4-14-10-16(19(21,22)23)12-17(11-14)20(24,25)26;1-5(2,3)4/h10-12,15,28H,5-9,13H2,1-2H3;(H3,1,2,3,4). The van der Waals surface area contributed by atoms with Crippen LogP contribution in [0.1, 0.15) is 43.4 Å². The predicted molar refractivity (Wildman–Crippen MR) is 109 cm³/mol. The van der Waals surface area contributed by atoms with Crippen molar-refractivity contribution in [3.63, 3.8) is 0 Å². The van der Waals surface area contributed by atoms with Gasteiger partial charge in [-0.2, -0.15) is 34.8 Å². The van der Waals surface area contributed by atoms with Crippen molar-refractivity contribution in [2.24, 2.45) is 16.5 Å². The highest BCUT2D eigenvalue weighted by atomic mass is 32.2. The second kappa shape index (κ2) is 11.1. The topological polar surface area (TPSA) is 104 Å². The summed E-state index contributed by atoms with van der Waals surface area (Å²) in [6.07, 6.45) is -8.04. The lowest BCUT2D eigenvalue weighted by Gasteiger charge is -2.39. The van der Waals surface area contributed by atoms with Gasteiger partial charge < -0.3 is 5.11 Å². The number of aliphatic hydroxyl groups excluding tert-OH is 1. The summed E-state index contributed by atoms with van der Waals surface area (Å²) in [6, 6.07) is 1.37. The van der Waals surface area contributed by atoms with Gasteiger partial charge >= 0.3 is 22.7 Å². The van der Waals surface area contributed by atoms with E-state index >= 15 is 0 Å². The third-order valence-electron chi connectivity index (χ3n) is 5.22. The zero-order valence-corrected chi connectivity index (χ0v) is 18.8. The third-order valence-corrected chi connectivity index (χ3v) is 5.22. The zero-order chi connectivity index (χ0) is 25.7. The summed E-state index contributed by atoms with van der Waals surface area (Å²) in [5, 5.41) is 13.3. The molecule has 2 rings (SSSR count). The molecule has 0 bridgehead atoms. The SMILES string of the molecule is CC(C)(CO)C1CCN(CC#Cc2cc(C(F)(F)F)cc(C(F)(F)F)c2)CC1.NS(=O)(=O)O. The van der Waals surface area contributed by atoms with Gasteiger partial charge in [-0.05, 0) is 55.5 Å². The fourth-order valence-electron chi connectivity index (χ4n) is 3.28. The number of rotatable bonds is 3. The summed E-state index contributed by atoms with van der Waals surface area (Å²) in [5.41, 5.74) is -3.21. The highest BCUT2D eigenvalue weighted by molar-refractivity contribution is 7.83. The third kappa shape index (κ3) is 10.7. The van der Waals surface area contributed by atoms with Crippen LogP contribution >= 0.6 is 0 Å². The molecule has 1 fully saturated rings. The Hall–Kier alpha value is -1.85. The molecule has 13 heteroatoms. The second-order valence-corrected chi connectivity index (χ2v) is 9.34. The summed E-state index contributed by atoms with van der Waals surface area (Å²) >= 11 is 0. The number of alkyl halides is 6. The molecule has 1 aromatic rings. The van der Waals surface area contributed by atoms with E-state index in [1.165, 1.54) is 0 Å². The van der Waals surface area contributed by atoms with Gasteiger partial charge in [0.2, 0.25) is 0 Å². The van der Waals surface area contributed by atoms with Crippen molar-refractivity contribution in [3.05, 3.63) is 34.9 Å². The molecule has 6 nitrogen and oxygen atoms in total. The zero-order valence-electron chi connectivity index (χ0n) is 18.0. The summed E-state index contributed by atoms with van der Waals surface area (Å²) in [4.78, 5) is 2.01. The van der Waals surface area contributed by atoms with Gasteiger partial charge in [-0.3, -0.25) is 9.45 Å². The smallest absolute Gasteiger partial charge is 0.396 e. The van der Waals surface area contributed by atoms with Gasteiger partial charge in [0.15, 0.2) is 0 Å². The lowest BCUT2D eigenvalue weighted by Crippen LogP contribution is -2.40. The molecule has 4 N–H and O–H groups in total. The molecule has 0 aliphatic carbocycles. The van der Waals surface area contributed by atoms with E-state index in [0.717, 1.165) is 25.9 Å². The van der Waals surface area contributed by atoms with Crippen LogP contribution in [0.2, 0.25) is 0 Å². The minimum atomic E-state index is -4.88. The van der Waals surface area contributed by atoms with Gasteiger partial charge in [-0.25, -0.2) is 5.14 Å². The molecule has 0 atom stereocenters. The first-order valence-electron chi connectivity index (χ1n) is 9.69. The molecule has 1 heterocycles. The fourth-order valence-corrected chi connectivity index (χ4v) is 3.28. The molecule has 0 radical (unpaired) electrons. The summed E-state index contributed by atoms with van der Waals surface area (Å²) in [7, 11) is -4.17. The average Bonchev–Trinajstić information content (AvgIpc) is 2.65. The quantitative estimate of drug-likeness (QED) is 0.332. The number of nitrogens with zero attached hydrogens (tertiary/aromatic N) is 1. The number of nitrogens with two attached hydrogens (primary N) is 1. The van der Waals surface area contributed by atoms with Crippen molar-refractivity contribution in [1.29, 1.82) is 0 Å². The highest BCUT2D eigenvalue weighted by Crippen LogP contribution is 2.36. The molecule has 1 aliphatic rings. The van der Waals surface area contributed by atoms with E-state index < -0.39 is 33.8 Å². The molecule has 0 amide bonds. The van der Waals surface area contributed by atoms with Gasteiger partial charge in [0.05, 0.1) is 17.7 Å². The van der Waals surface area contributed by atoms with E-state index in [2.05, 4.69) is 17.0 Å². The Morgan fingerprint density at radius 3 is 1.82 bits per heavy atom. The van der Waals surface area contributed by atoms with Gasteiger partial charge in [0.25, 0.3) is 0 Å². The van der Waals surface area contributed by atoms with E-state index in [-0.39, 0.29) is 30.2 Å². The Balaban J connectivity index is 0.000000981. The number of halogens is 6. The number of aliphatic hydroxyl groups is 1. The molecular weight excluding hydrogens is 478 g/mol. The summed E-state index contributed by atoms with van der Waals surface area (Å²) in [5.74, 6) is 5.49. The number of hydrogen-bond acceptors (Lipinski definition) is 4. The van der Waals surface area contributed by atoms with E-state index in [9.17, 15) is 31.4 Å². The van der Waals surface area contributed by atoms with Gasteiger partial charge in [0, 0.05) is 12.2 Å². The first kappa shape index (κ1) is 29.2. The first-order valence-corrected chi connectivity index (χ1v) is 11.2. The first-order chi connectivity index (χ1) is 14.8. The lowest BCUT2D eigenvalue weighted by molar-refractivity contribution is -0.143. The number of benzene rings is 1. The number of piperidine rings is 1. The maximum atomic E-state index is 12.9. The van der Waals surface area contributed by atoms with Gasteiger partial charge in [0.1, 0.15) is 0 Å². The minimum absolute atomic E-state index is 0.0918. The van der Waals surface area contributed by atoms with Crippen LogP contribution in [-0.4, -0.2) is 49.2 Å². The van der Waals surface area contributed by atoms with Crippen LogP contribution in [0.3, 0.4) is 0 Å². The predicted octanol–water partition coefficient (Wildman–Crippen LogP) is 3.55. The molecule has 0 unspecified atom stereocenters. The van der Waals surface area contributed by atoms with E-state index in [1.54, 1.807) is 0 Å². The van der Waals surface area contributed by atoms with Crippen molar-refractivity contribution >= 4 is 10.3 Å². The van der Waals surface area contributed by atoms with Crippen LogP contribution < -0.4 is 5.14 Å². The molecule has 1 aliphatic heterocycles. The molecule has 1 saturated heterocycles. The largest absolute Gasteiger partial charge is 0.416 e. The molecule has 188 valence electrons. The maximum absolute atomic E-state index is 12.9. The van der Waals surface area contributed by atoms with Crippen LogP contribution in [0.5, 0.6) is 0 Å². The number of likely N-dealkylation sites (tertiary alicyclic amines) is 1. The van der Waals surface area contributed by atoms with E-state index in [0.29, 0.717) is 18.1 Å². The van der Waals surface area contributed by atoms with Crippen molar-refractivity contribution in [1.82, 2.24) is 4.90 Å². The minimum Gasteiger partial charge on any atom is -0.396 e. The van der Waals surface area contributed by atoms with Crippen LogP contribution in [0.4, 0.5) is 26.3 Å². The Morgan fingerprint density at radius 1 is 1.03 bits per heavy atom. The van der Waals surface area contributed by atoms with Gasteiger partial charge in [-0.1, -0.05) is 25.7 Å². The van der Waals surface area contributed by atoms with Crippen molar-refractivity contribution in [2.75, 3.05) is 26.2 Å². The Kier molecular flexibility index (Phi) is 9.77. The van der Waals surface area contributed by atoms with Crippen LogP contribution in [0.25, 0.3) is 0 Å². The van der Waals surface area contributed by atoms with Crippen molar-refractivity contribution < 1.29 is 44.4 Å². The maximum Gasteiger partial charge on any atom is 0.416 e. The Labute approximate surface area is 188 Å². The molecule has 0 aromatic heterocycles. The second-order valence-electron chi connectivity index (χ2n) is 8.31. The summed E-state index contributed by atoms with van der Waals surface area (Å²) in [6.45, 7) is 5.80. The lowest BCUT2D eigenvalue weighted by atomic mass is 9.74. The Morgan fingerprint density at radius 2 is 1.45 bits per heavy atom. The van der Waals surface area contributed by atoms with E-state index in [1.807, 2.05) is 18.7 Å². The molecular formula is C20H26F6N2O4S. The highest BCUT2D eigenvalue weighted by Gasteiger charge is 2.37. The normalized spacial score (nSPS) is 16.5. The monoisotopic (exact) mass is 504 g/mol. The molecule has 0 saturated carbocycles. The Bertz CT molecular complexity index is 917. The van der Waals surface area contributed by atoms with Crippen molar-refractivity contribution in [3.8, 4) is 11.8 Å². The van der Waals surface area contributed by atoms with Crippen molar-refractivity contribution in [2.45, 2.75) is 39.0 Å². The molecule has 1 aromatic carbocycles. The molecule has 0 spiro atoms. The summed E-state index contributed by atoms with van der Waals surface area (Å²) < 4.78 is 102. The van der Waals surface area contributed by atoms with Gasteiger partial charge in [-0.15, -0.1) is 0 Å². The number of hydrogen-bond donors (Lipinski definition) is 3. The van der Waals surface area contributed by atoms with Crippen LogP contribution in [0, 0.1) is 23.2 Å². The fraction of sp³-hybridized carbons (Fsp3) is 0.600. The molecule has 33 heavy (non-hydrogen) atoms. The van der Waals surface area contributed by atoms with Crippen LogP contribution in [0.15, 0.2) is 18.2 Å². The van der Waals surface area contributed by atoms with E-state index in [4.69, 9.17) is 13.0 Å². The van der Waals surface area contributed by atoms with Crippen LogP contribution in [-0.2, 0) is 22.7 Å².